The smallest absolute Gasteiger partial charge is 0.321 e. The highest BCUT2D eigenvalue weighted by atomic mass is 16.5. The molecule has 3 rings (SSSR count). The highest BCUT2D eigenvalue weighted by molar-refractivity contribution is 5.97. The van der Waals surface area contributed by atoms with Crippen molar-refractivity contribution in [3.63, 3.8) is 0 Å². The maximum atomic E-state index is 12.9. The fourth-order valence-electron chi connectivity index (χ4n) is 3.85. The summed E-state index contributed by atoms with van der Waals surface area (Å²) in [5, 5.41) is 5.02. The lowest BCUT2D eigenvalue weighted by molar-refractivity contribution is -0.133. The zero-order valence-corrected chi connectivity index (χ0v) is 18.5. The van der Waals surface area contributed by atoms with E-state index in [1.165, 1.54) is 0 Å². The van der Waals surface area contributed by atoms with E-state index in [-0.39, 0.29) is 11.8 Å². The number of rotatable bonds is 7. The Morgan fingerprint density at radius 2 is 1.72 bits per heavy atom. The van der Waals surface area contributed by atoms with Gasteiger partial charge in [-0.3, -0.25) is 19.8 Å². The first kappa shape index (κ1) is 23.3. The first-order chi connectivity index (χ1) is 15.5. The Hall–Kier alpha value is -3.39. The third-order valence-electron chi connectivity index (χ3n) is 5.46. The Bertz CT molecular complexity index is 927. The summed E-state index contributed by atoms with van der Waals surface area (Å²) in [5.74, 6) is 0.392. The summed E-state index contributed by atoms with van der Waals surface area (Å²) in [6, 6.07) is 15.8. The monoisotopic (exact) mass is 438 g/mol. The number of amides is 4. The Kier molecular flexibility index (Phi) is 8.21. The molecule has 0 aromatic heterocycles. The second kappa shape index (κ2) is 11.3. The molecule has 1 fully saturated rings. The van der Waals surface area contributed by atoms with Gasteiger partial charge in [0.1, 0.15) is 11.8 Å². The minimum absolute atomic E-state index is 0.0425. The zero-order chi connectivity index (χ0) is 22.9. The number of hydrogen-bond donors (Lipinski definition) is 2. The van der Waals surface area contributed by atoms with Crippen molar-refractivity contribution in [2.24, 2.45) is 0 Å². The molecular formula is C24H30N4O4. The molecule has 0 bridgehead atoms. The van der Waals surface area contributed by atoms with Crippen molar-refractivity contribution in [1.82, 2.24) is 20.4 Å². The van der Waals surface area contributed by atoms with Gasteiger partial charge in [0.25, 0.3) is 0 Å². The van der Waals surface area contributed by atoms with Crippen molar-refractivity contribution in [2.45, 2.75) is 19.4 Å². The van der Waals surface area contributed by atoms with Gasteiger partial charge in [0, 0.05) is 32.7 Å². The zero-order valence-electron chi connectivity index (χ0n) is 18.5. The van der Waals surface area contributed by atoms with Crippen LogP contribution < -0.4 is 15.4 Å². The number of imide groups is 1. The van der Waals surface area contributed by atoms with Crippen LogP contribution in [-0.4, -0.2) is 67.5 Å². The van der Waals surface area contributed by atoms with Crippen LogP contribution in [0.25, 0.3) is 0 Å². The normalized spacial score (nSPS) is 15.0. The van der Waals surface area contributed by atoms with Crippen LogP contribution in [0.2, 0.25) is 0 Å². The van der Waals surface area contributed by atoms with Crippen molar-refractivity contribution in [2.75, 3.05) is 39.8 Å². The van der Waals surface area contributed by atoms with Crippen LogP contribution >= 0.6 is 0 Å². The maximum Gasteiger partial charge on any atom is 0.321 e. The molecule has 1 unspecified atom stereocenters. The van der Waals surface area contributed by atoms with Crippen LogP contribution in [0.4, 0.5) is 4.79 Å². The SMILES string of the molecule is CCNC(=O)NC(=O)C(c1ccccc1)N1CCN(C(=O)Cc2cccc(OC)c2)CC1. The Balaban J connectivity index is 1.64. The topological polar surface area (TPSA) is 91.0 Å². The van der Waals surface area contributed by atoms with Gasteiger partial charge in [-0.05, 0) is 30.2 Å². The molecule has 0 saturated carbocycles. The molecule has 1 heterocycles. The predicted molar refractivity (Wildman–Crippen MR) is 121 cm³/mol. The molecule has 2 aromatic rings. The van der Waals surface area contributed by atoms with Gasteiger partial charge in [0.05, 0.1) is 13.5 Å². The summed E-state index contributed by atoms with van der Waals surface area (Å²) >= 11 is 0. The summed E-state index contributed by atoms with van der Waals surface area (Å²) in [7, 11) is 1.60. The first-order valence-corrected chi connectivity index (χ1v) is 10.8. The molecule has 2 N–H and O–H groups in total. The molecule has 0 radical (unpaired) electrons. The van der Waals surface area contributed by atoms with E-state index in [4.69, 9.17) is 4.74 Å². The molecule has 1 aliphatic heterocycles. The second-order valence-corrected chi connectivity index (χ2v) is 7.61. The van der Waals surface area contributed by atoms with E-state index in [1.807, 2.05) is 64.4 Å². The van der Waals surface area contributed by atoms with Gasteiger partial charge in [0.15, 0.2) is 0 Å². The van der Waals surface area contributed by atoms with E-state index in [2.05, 4.69) is 10.6 Å². The van der Waals surface area contributed by atoms with E-state index in [1.54, 1.807) is 14.0 Å². The van der Waals surface area contributed by atoms with Gasteiger partial charge in [-0.2, -0.15) is 0 Å². The summed E-state index contributed by atoms with van der Waals surface area (Å²) in [4.78, 5) is 41.5. The molecule has 4 amide bonds. The number of carbonyl (C=O) groups excluding carboxylic acids is 3. The predicted octanol–water partition coefficient (Wildman–Crippen LogP) is 1.97. The van der Waals surface area contributed by atoms with Crippen molar-refractivity contribution < 1.29 is 19.1 Å². The van der Waals surface area contributed by atoms with E-state index in [0.717, 1.165) is 16.9 Å². The summed E-state index contributed by atoms with van der Waals surface area (Å²) in [5.41, 5.74) is 1.71. The molecule has 170 valence electrons. The number of piperazine rings is 1. The largest absolute Gasteiger partial charge is 0.497 e. The number of ether oxygens (including phenoxy) is 1. The summed E-state index contributed by atoms with van der Waals surface area (Å²) < 4.78 is 5.23. The summed E-state index contributed by atoms with van der Waals surface area (Å²) in [6.07, 6.45) is 0.303. The first-order valence-electron chi connectivity index (χ1n) is 10.8. The standard InChI is InChI=1S/C24H30N4O4/c1-3-25-24(31)26-23(30)22(19-9-5-4-6-10-19)28-14-12-27(13-15-28)21(29)17-18-8-7-11-20(16-18)32-2/h4-11,16,22H,3,12-15,17H2,1-2H3,(H2,25,26,30,31). The number of benzene rings is 2. The fourth-order valence-corrected chi connectivity index (χ4v) is 3.85. The molecule has 32 heavy (non-hydrogen) atoms. The highest BCUT2D eigenvalue weighted by Gasteiger charge is 2.32. The summed E-state index contributed by atoms with van der Waals surface area (Å²) in [6.45, 7) is 4.32. The molecule has 1 aliphatic rings. The number of hydrogen-bond acceptors (Lipinski definition) is 5. The van der Waals surface area contributed by atoms with Gasteiger partial charge in [-0.15, -0.1) is 0 Å². The molecule has 8 nitrogen and oxygen atoms in total. The third-order valence-corrected chi connectivity index (χ3v) is 5.46. The molecule has 0 aliphatic carbocycles. The average molecular weight is 439 g/mol. The lowest BCUT2D eigenvalue weighted by Gasteiger charge is -2.38. The van der Waals surface area contributed by atoms with Crippen molar-refractivity contribution in [3.05, 3.63) is 65.7 Å². The minimum atomic E-state index is -0.602. The van der Waals surface area contributed by atoms with Gasteiger partial charge in [0.2, 0.25) is 11.8 Å². The Morgan fingerprint density at radius 1 is 1.00 bits per heavy atom. The van der Waals surface area contributed by atoms with Gasteiger partial charge in [-0.25, -0.2) is 4.79 Å². The molecule has 1 saturated heterocycles. The van der Waals surface area contributed by atoms with Crippen LogP contribution in [0.15, 0.2) is 54.6 Å². The van der Waals surface area contributed by atoms with E-state index < -0.39 is 12.1 Å². The quantitative estimate of drug-likeness (QED) is 0.690. The Labute approximate surface area is 188 Å². The fraction of sp³-hybridized carbons (Fsp3) is 0.375. The lowest BCUT2D eigenvalue weighted by Crippen LogP contribution is -2.53. The van der Waals surface area contributed by atoms with Crippen molar-refractivity contribution >= 4 is 17.8 Å². The number of carbonyl (C=O) groups is 3. The van der Waals surface area contributed by atoms with Crippen molar-refractivity contribution in [1.29, 1.82) is 0 Å². The second-order valence-electron chi connectivity index (χ2n) is 7.61. The number of nitrogens with zero attached hydrogens (tertiary/aromatic N) is 2. The molecule has 0 spiro atoms. The molecular weight excluding hydrogens is 408 g/mol. The maximum absolute atomic E-state index is 12.9. The van der Waals surface area contributed by atoms with Gasteiger partial charge >= 0.3 is 6.03 Å². The minimum Gasteiger partial charge on any atom is -0.497 e. The lowest BCUT2D eigenvalue weighted by atomic mass is 10.0. The van der Waals surface area contributed by atoms with Gasteiger partial charge in [-0.1, -0.05) is 42.5 Å². The van der Waals surface area contributed by atoms with E-state index >= 15 is 0 Å². The van der Waals surface area contributed by atoms with Crippen LogP contribution in [0.1, 0.15) is 24.1 Å². The molecule has 1 atom stereocenters. The highest BCUT2D eigenvalue weighted by Crippen LogP contribution is 2.23. The number of nitrogens with one attached hydrogen (secondary N) is 2. The van der Waals surface area contributed by atoms with Gasteiger partial charge < -0.3 is 15.0 Å². The number of methoxy groups -OCH3 is 1. The molecule has 8 heteroatoms. The Morgan fingerprint density at radius 3 is 2.38 bits per heavy atom. The van der Waals surface area contributed by atoms with E-state index in [0.29, 0.717) is 39.1 Å². The van der Waals surface area contributed by atoms with Crippen LogP contribution in [-0.2, 0) is 16.0 Å². The van der Waals surface area contributed by atoms with Crippen LogP contribution in [0.5, 0.6) is 5.75 Å². The van der Waals surface area contributed by atoms with E-state index in [9.17, 15) is 14.4 Å². The average Bonchev–Trinajstić information content (AvgIpc) is 2.80. The van der Waals surface area contributed by atoms with Crippen molar-refractivity contribution in [3.8, 4) is 5.75 Å². The van der Waals surface area contributed by atoms with Crippen LogP contribution in [0.3, 0.4) is 0 Å². The third kappa shape index (κ3) is 6.07. The number of urea groups is 1. The molecule has 2 aromatic carbocycles. The van der Waals surface area contributed by atoms with Crippen LogP contribution in [0, 0.1) is 0 Å².